The fourth-order valence-corrected chi connectivity index (χ4v) is 8.04. The molecule has 1 aliphatic rings. The summed E-state index contributed by atoms with van der Waals surface area (Å²) < 4.78 is 43.1. The number of nitrogens with two attached hydrogens (primary N) is 1. The predicted molar refractivity (Wildman–Crippen MR) is 241 cm³/mol. The summed E-state index contributed by atoms with van der Waals surface area (Å²) in [6, 6.07) is -1.64. The normalized spacial score (nSPS) is 18.0. The number of nitrogens with one attached hydrogen (secondary N) is 2. The van der Waals surface area contributed by atoms with Crippen molar-refractivity contribution in [2.24, 2.45) is 29.4 Å². The molecular weight excluding hydrogens is 805 g/mol. The SMILES string of the molecule is C=C/C=C(\C=C)CC(NC(=O)C(C)C(OC)C1CCCN1C(=O)CC(OC)C(C(C)CC)N(C)C(=O)CC(C)C)C(=O)NCCS(=O)(=O)O.CC(C)C(C(N)=O)N(C)C(C)C. The molecule has 0 aromatic rings. The number of ether oxygens (including phenoxy) is 2. The van der Waals surface area contributed by atoms with E-state index >= 15 is 0 Å². The number of carbonyl (C=O) groups excluding carboxylic acids is 5. The molecule has 1 heterocycles. The molecule has 8 unspecified atom stereocenters. The minimum absolute atomic E-state index is 0.00116. The van der Waals surface area contributed by atoms with E-state index in [1.165, 1.54) is 19.3 Å². The second-order valence-corrected chi connectivity index (χ2v) is 18.7. The van der Waals surface area contributed by atoms with Gasteiger partial charge in [0.15, 0.2) is 0 Å². The molecule has 0 bridgehead atoms. The van der Waals surface area contributed by atoms with Gasteiger partial charge in [0, 0.05) is 53.2 Å². The standard InChI is InChI=1S/C35H60N4O9S.C9H20N2O/c1-11-15-26(13-3)21-27(35(43)36-17-19-49(44,45)46)37-34(42)25(7)33(48-10)28-16-14-18-39(28)31(41)22-29(47-9)32(24(6)12-2)38(8)30(40)20-23(4)5;1-6(2)8(9(10)12)11(5)7(3)4/h11,13,15,23-25,27-29,32-33H,1,3,12,14,16-22H2,2,4-10H3,(H,36,43)(H,37,42)(H,44,45,46);6-8H,1-5H3,(H2,10,12)/b26-15+;. The molecule has 1 saturated heterocycles. The Morgan fingerprint density at radius 2 is 1.56 bits per heavy atom. The third-order valence-corrected chi connectivity index (χ3v) is 12.1. The smallest absolute Gasteiger partial charge is 0.266 e. The molecule has 17 heteroatoms. The molecule has 61 heavy (non-hydrogen) atoms. The van der Waals surface area contributed by atoms with E-state index in [0.717, 1.165) is 6.42 Å². The van der Waals surface area contributed by atoms with E-state index in [0.29, 0.717) is 37.4 Å². The molecule has 1 aliphatic heterocycles. The van der Waals surface area contributed by atoms with Gasteiger partial charge in [-0.3, -0.25) is 33.4 Å². The zero-order valence-corrected chi connectivity index (χ0v) is 40.1. The Morgan fingerprint density at radius 1 is 0.951 bits per heavy atom. The minimum Gasteiger partial charge on any atom is -0.379 e. The summed E-state index contributed by atoms with van der Waals surface area (Å²) >= 11 is 0. The average molecular weight is 885 g/mol. The molecular formula is C44H80N6O10S. The number of carbonyl (C=O) groups is 5. The quantitative estimate of drug-likeness (QED) is 0.0720. The number of amides is 5. The first-order chi connectivity index (χ1) is 28.3. The van der Waals surface area contributed by atoms with Crippen molar-refractivity contribution in [2.45, 2.75) is 143 Å². The first kappa shape index (κ1) is 57.4. The second kappa shape index (κ2) is 28.1. The molecule has 1 rings (SSSR count). The maximum Gasteiger partial charge on any atom is 0.266 e. The number of rotatable bonds is 26. The van der Waals surface area contributed by atoms with E-state index in [-0.39, 0.29) is 66.9 Å². The number of likely N-dealkylation sites (N-methyl/N-ethyl adjacent to an activating group) is 2. The Balaban J connectivity index is 0.00000258. The number of hydrogen-bond donors (Lipinski definition) is 4. The van der Waals surface area contributed by atoms with E-state index in [2.05, 4.69) is 37.6 Å². The Hall–Kier alpha value is -3.64. The fourth-order valence-electron chi connectivity index (χ4n) is 7.68. The van der Waals surface area contributed by atoms with E-state index in [1.54, 1.807) is 37.0 Å². The molecule has 5 N–H and O–H groups in total. The van der Waals surface area contributed by atoms with Crippen LogP contribution in [-0.4, -0.2) is 147 Å². The van der Waals surface area contributed by atoms with Gasteiger partial charge in [0.1, 0.15) is 6.04 Å². The van der Waals surface area contributed by atoms with E-state index in [4.69, 9.17) is 19.8 Å². The lowest BCUT2D eigenvalue weighted by molar-refractivity contribution is -0.146. The van der Waals surface area contributed by atoms with Crippen molar-refractivity contribution in [1.82, 2.24) is 25.3 Å². The van der Waals surface area contributed by atoms with Gasteiger partial charge in [0.05, 0.1) is 48.4 Å². The maximum atomic E-state index is 13.9. The largest absolute Gasteiger partial charge is 0.379 e. The Morgan fingerprint density at radius 3 is 1.98 bits per heavy atom. The van der Waals surface area contributed by atoms with Crippen molar-refractivity contribution in [3.05, 3.63) is 37.0 Å². The van der Waals surface area contributed by atoms with Gasteiger partial charge >= 0.3 is 0 Å². The number of hydrogen-bond acceptors (Lipinski definition) is 10. The molecule has 8 atom stereocenters. The number of likely N-dealkylation sites (tertiary alicyclic amines) is 1. The van der Waals surface area contributed by atoms with Crippen LogP contribution in [-0.2, 0) is 43.6 Å². The van der Waals surface area contributed by atoms with Crippen LogP contribution in [0.15, 0.2) is 37.0 Å². The Labute approximate surface area is 367 Å². The average Bonchev–Trinajstić information content (AvgIpc) is 3.65. The highest BCUT2D eigenvalue weighted by molar-refractivity contribution is 7.85. The van der Waals surface area contributed by atoms with Crippen LogP contribution in [0.2, 0.25) is 0 Å². The lowest BCUT2D eigenvalue weighted by Gasteiger charge is -2.39. The summed E-state index contributed by atoms with van der Waals surface area (Å²) in [6.45, 7) is 25.4. The number of nitrogens with zero attached hydrogens (tertiary/aromatic N) is 3. The first-order valence-electron chi connectivity index (χ1n) is 21.4. The van der Waals surface area contributed by atoms with Crippen LogP contribution in [0.25, 0.3) is 0 Å². The van der Waals surface area contributed by atoms with Crippen molar-refractivity contribution in [3.8, 4) is 0 Å². The lowest BCUT2D eigenvalue weighted by atomic mass is 9.90. The third-order valence-electron chi connectivity index (χ3n) is 11.4. The molecule has 16 nitrogen and oxygen atoms in total. The van der Waals surface area contributed by atoms with Crippen LogP contribution >= 0.6 is 0 Å². The molecule has 0 aromatic carbocycles. The van der Waals surface area contributed by atoms with Crippen molar-refractivity contribution in [1.29, 1.82) is 0 Å². The van der Waals surface area contributed by atoms with Gasteiger partial charge in [-0.05, 0) is 57.1 Å². The van der Waals surface area contributed by atoms with Crippen molar-refractivity contribution >= 4 is 39.7 Å². The summed E-state index contributed by atoms with van der Waals surface area (Å²) in [6.07, 6.45) is 6.00. The van der Waals surface area contributed by atoms with Gasteiger partial charge in [0.2, 0.25) is 29.5 Å². The molecule has 5 amide bonds. The van der Waals surface area contributed by atoms with Gasteiger partial charge in [-0.1, -0.05) is 86.3 Å². The highest BCUT2D eigenvalue weighted by Crippen LogP contribution is 2.30. The van der Waals surface area contributed by atoms with Crippen LogP contribution in [0, 0.1) is 23.7 Å². The van der Waals surface area contributed by atoms with Crippen molar-refractivity contribution < 1.29 is 46.4 Å². The van der Waals surface area contributed by atoms with Gasteiger partial charge in [-0.15, -0.1) is 0 Å². The van der Waals surface area contributed by atoms with Crippen LogP contribution in [0.4, 0.5) is 0 Å². The van der Waals surface area contributed by atoms with Crippen LogP contribution in [0.3, 0.4) is 0 Å². The molecule has 0 aromatic heterocycles. The highest BCUT2D eigenvalue weighted by Gasteiger charge is 2.42. The predicted octanol–water partition coefficient (Wildman–Crippen LogP) is 3.97. The molecule has 1 fully saturated rings. The molecule has 352 valence electrons. The van der Waals surface area contributed by atoms with Crippen molar-refractivity contribution in [2.75, 3.05) is 47.2 Å². The Bertz CT molecular complexity index is 1570. The molecule has 0 spiro atoms. The highest BCUT2D eigenvalue weighted by atomic mass is 32.2. The second-order valence-electron chi connectivity index (χ2n) is 17.1. The maximum absolute atomic E-state index is 13.9. The van der Waals surface area contributed by atoms with Gasteiger partial charge in [0.25, 0.3) is 10.1 Å². The third kappa shape index (κ3) is 19.5. The van der Waals surface area contributed by atoms with Crippen LogP contribution < -0.4 is 16.4 Å². The lowest BCUT2D eigenvalue weighted by Crippen LogP contribution is -2.54. The molecule has 0 radical (unpaired) electrons. The zero-order valence-electron chi connectivity index (χ0n) is 39.3. The van der Waals surface area contributed by atoms with Gasteiger partial charge in [-0.25, -0.2) is 0 Å². The van der Waals surface area contributed by atoms with E-state index in [9.17, 15) is 32.4 Å². The fraction of sp³-hybridized carbons (Fsp3) is 0.750. The molecule has 0 aliphatic carbocycles. The number of primary amides is 1. The minimum atomic E-state index is -4.30. The molecule has 0 saturated carbocycles. The van der Waals surface area contributed by atoms with E-state index in [1.807, 2.05) is 53.5 Å². The van der Waals surface area contributed by atoms with Crippen LogP contribution in [0.1, 0.15) is 101 Å². The summed E-state index contributed by atoms with van der Waals surface area (Å²) in [5.41, 5.74) is 5.90. The van der Waals surface area contributed by atoms with Crippen molar-refractivity contribution in [3.63, 3.8) is 0 Å². The van der Waals surface area contributed by atoms with Gasteiger partial charge < -0.3 is 35.6 Å². The number of allylic oxidation sites excluding steroid dienone is 3. The van der Waals surface area contributed by atoms with E-state index < -0.39 is 57.9 Å². The summed E-state index contributed by atoms with van der Waals surface area (Å²) in [4.78, 5) is 70.2. The summed E-state index contributed by atoms with van der Waals surface area (Å²) in [7, 11) is 2.42. The first-order valence-corrected chi connectivity index (χ1v) is 23.0. The summed E-state index contributed by atoms with van der Waals surface area (Å²) in [5, 5.41) is 5.20. The zero-order chi connectivity index (χ0) is 47.4. The summed E-state index contributed by atoms with van der Waals surface area (Å²) in [5.74, 6) is -2.49. The van der Waals surface area contributed by atoms with Gasteiger partial charge in [-0.2, -0.15) is 8.42 Å². The topological polar surface area (TPSA) is 218 Å². The number of methoxy groups -OCH3 is 2. The van der Waals surface area contributed by atoms with Crippen LogP contribution in [0.5, 0.6) is 0 Å². The monoisotopic (exact) mass is 885 g/mol. The Kier molecular flexibility index (Phi) is 26.5.